The van der Waals surface area contributed by atoms with Crippen molar-refractivity contribution in [3.05, 3.63) is 35.6 Å². The van der Waals surface area contributed by atoms with Crippen LogP contribution in [0.5, 0.6) is 0 Å². The van der Waals surface area contributed by atoms with E-state index in [-0.39, 0.29) is 5.91 Å². The Hall–Kier alpha value is -1.77. The van der Waals surface area contributed by atoms with E-state index in [1.807, 2.05) is 31.2 Å². The molecule has 4 aliphatic carbocycles. The Balaban J connectivity index is 1.34. The molecule has 3 nitrogen and oxygen atoms in total. The maximum atomic E-state index is 12.7. The third kappa shape index (κ3) is 2.21. The summed E-state index contributed by atoms with van der Waals surface area (Å²) >= 11 is 0. The van der Waals surface area contributed by atoms with Gasteiger partial charge in [0.05, 0.1) is 0 Å². The second-order valence-electron chi connectivity index (χ2n) is 8.65. The Labute approximate surface area is 142 Å². The van der Waals surface area contributed by atoms with Gasteiger partial charge in [0.25, 0.3) is 5.91 Å². The second kappa shape index (κ2) is 5.11. The molecule has 1 aromatic heterocycles. The Morgan fingerprint density at radius 2 is 1.75 bits per heavy atom. The largest absolute Gasteiger partial charge is 0.451 e. The van der Waals surface area contributed by atoms with Crippen molar-refractivity contribution in [2.75, 3.05) is 6.54 Å². The molecule has 3 heteroatoms. The minimum Gasteiger partial charge on any atom is -0.451 e. The summed E-state index contributed by atoms with van der Waals surface area (Å²) in [5, 5.41) is 4.26. The van der Waals surface area contributed by atoms with Gasteiger partial charge >= 0.3 is 0 Å². The number of carbonyl (C=O) groups excluding carboxylic acids is 1. The van der Waals surface area contributed by atoms with Crippen molar-refractivity contribution < 1.29 is 9.21 Å². The van der Waals surface area contributed by atoms with Crippen molar-refractivity contribution in [1.82, 2.24) is 5.32 Å². The van der Waals surface area contributed by atoms with E-state index in [0.717, 1.165) is 40.8 Å². The number of amides is 1. The van der Waals surface area contributed by atoms with Gasteiger partial charge in [-0.25, -0.2) is 0 Å². The summed E-state index contributed by atoms with van der Waals surface area (Å²) in [7, 11) is 0. The monoisotopic (exact) mass is 323 g/mol. The molecule has 4 saturated carbocycles. The zero-order valence-electron chi connectivity index (χ0n) is 14.3. The standard InChI is InChI=1S/C21H25NO2/c1-13-17-4-2-3-5-18(17)24-19(13)20(23)22-12-21-9-14-6-15(10-21)8-16(7-14)11-21/h2-5,14-16H,6-12H2,1H3,(H,22,23). The van der Waals surface area contributed by atoms with Gasteiger partial charge < -0.3 is 9.73 Å². The van der Waals surface area contributed by atoms with E-state index in [9.17, 15) is 4.79 Å². The molecule has 2 aromatic rings. The minimum absolute atomic E-state index is 0.0422. The average molecular weight is 323 g/mol. The van der Waals surface area contributed by atoms with E-state index >= 15 is 0 Å². The number of fused-ring (bicyclic) bond motifs is 1. The fraction of sp³-hybridized carbons (Fsp3) is 0.571. The normalized spacial score (nSPS) is 34.0. The number of carbonyl (C=O) groups is 1. The molecule has 0 atom stereocenters. The first-order valence-electron chi connectivity index (χ1n) is 9.38. The van der Waals surface area contributed by atoms with Crippen LogP contribution in [0.25, 0.3) is 11.0 Å². The van der Waals surface area contributed by atoms with Crippen LogP contribution in [0.3, 0.4) is 0 Å². The summed E-state index contributed by atoms with van der Waals surface area (Å²) in [6.07, 6.45) is 8.27. The predicted molar refractivity (Wildman–Crippen MR) is 93.9 cm³/mol. The highest BCUT2D eigenvalue weighted by molar-refractivity contribution is 5.98. The smallest absolute Gasteiger partial charge is 0.287 e. The molecule has 4 fully saturated rings. The van der Waals surface area contributed by atoms with Gasteiger partial charge in [-0.15, -0.1) is 0 Å². The van der Waals surface area contributed by atoms with E-state index < -0.39 is 0 Å². The molecule has 1 N–H and O–H groups in total. The van der Waals surface area contributed by atoms with E-state index in [2.05, 4.69) is 5.32 Å². The molecule has 0 spiro atoms. The van der Waals surface area contributed by atoms with Crippen molar-refractivity contribution in [1.29, 1.82) is 0 Å². The van der Waals surface area contributed by atoms with Crippen molar-refractivity contribution in [3.63, 3.8) is 0 Å². The molecule has 0 saturated heterocycles. The Bertz CT molecular complexity index is 768. The number of rotatable bonds is 3. The summed E-state index contributed by atoms with van der Waals surface area (Å²) in [5.74, 6) is 3.20. The fourth-order valence-electron chi connectivity index (χ4n) is 6.25. The van der Waals surface area contributed by atoms with Gasteiger partial charge in [0.2, 0.25) is 0 Å². The van der Waals surface area contributed by atoms with E-state index in [1.165, 1.54) is 38.5 Å². The topological polar surface area (TPSA) is 42.2 Å². The molecule has 4 aliphatic rings. The van der Waals surface area contributed by atoms with Crippen LogP contribution in [-0.2, 0) is 0 Å². The average Bonchev–Trinajstić information content (AvgIpc) is 2.89. The zero-order valence-corrected chi connectivity index (χ0v) is 14.3. The molecular weight excluding hydrogens is 298 g/mol. The van der Waals surface area contributed by atoms with Crippen LogP contribution in [0.4, 0.5) is 0 Å². The lowest BCUT2D eigenvalue weighted by atomic mass is 9.49. The third-order valence-electron chi connectivity index (χ3n) is 6.84. The summed E-state index contributed by atoms with van der Waals surface area (Å²) < 4.78 is 5.82. The Morgan fingerprint density at radius 3 is 2.38 bits per heavy atom. The first-order valence-corrected chi connectivity index (χ1v) is 9.38. The van der Waals surface area contributed by atoms with Crippen LogP contribution in [0.2, 0.25) is 0 Å². The molecule has 1 amide bonds. The molecule has 24 heavy (non-hydrogen) atoms. The van der Waals surface area contributed by atoms with Gasteiger partial charge in [0.1, 0.15) is 5.58 Å². The molecular formula is C21H25NO2. The number of hydrogen-bond acceptors (Lipinski definition) is 2. The maximum absolute atomic E-state index is 12.7. The quantitative estimate of drug-likeness (QED) is 0.890. The van der Waals surface area contributed by atoms with Gasteiger partial charge in [-0.2, -0.15) is 0 Å². The number of benzene rings is 1. The van der Waals surface area contributed by atoms with Gasteiger partial charge in [-0.1, -0.05) is 18.2 Å². The number of furan rings is 1. The first-order chi connectivity index (χ1) is 11.6. The van der Waals surface area contributed by atoms with Crippen LogP contribution >= 0.6 is 0 Å². The Morgan fingerprint density at radius 1 is 1.12 bits per heavy atom. The second-order valence-corrected chi connectivity index (χ2v) is 8.65. The van der Waals surface area contributed by atoms with Crippen LogP contribution in [0.15, 0.2) is 28.7 Å². The van der Waals surface area contributed by atoms with Crippen molar-refractivity contribution in [2.24, 2.45) is 23.2 Å². The molecule has 1 heterocycles. The van der Waals surface area contributed by atoms with Crippen LogP contribution in [-0.4, -0.2) is 12.5 Å². The van der Waals surface area contributed by atoms with Crippen LogP contribution in [0, 0.1) is 30.1 Å². The van der Waals surface area contributed by atoms with Crippen LogP contribution in [0.1, 0.15) is 54.6 Å². The molecule has 0 aliphatic heterocycles. The maximum Gasteiger partial charge on any atom is 0.287 e. The SMILES string of the molecule is Cc1c(C(=O)NCC23CC4CC(CC(C4)C2)C3)oc2ccccc12. The number of nitrogens with one attached hydrogen (secondary N) is 1. The molecule has 6 rings (SSSR count). The summed E-state index contributed by atoms with van der Waals surface area (Å²) in [6.45, 7) is 2.80. The third-order valence-corrected chi connectivity index (χ3v) is 6.84. The van der Waals surface area contributed by atoms with Gasteiger partial charge in [0, 0.05) is 17.5 Å². The minimum atomic E-state index is -0.0422. The lowest BCUT2D eigenvalue weighted by Crippen LogP contribution is -2.51. The molecule has 0 radical (unpaired) electrons. The highest BCUT2D eigenvalue weighted by Gasteiger charge is 2.50. The molecule has 126 valence electrons. The lowest BCUT2D eigenvalue weighted by molar-refractivity contribution is -0.0504. The van der Waals surface area contributed by atoms with Gasteiger partial charge in [0.15, 0.2) is 5.76 Å². The van der Waals surface area contributed by atoms with Crippen molar-refractivity contribution >= 4 is 16.9 Å². The number of para-hydroxylation sites is 1. The number of hydrogen-bond donors (Lipinski definition) is 1. The van der Waals surface area contributed by atoms with Gasteiger partial charge in [-0.05, 0) is 74.7 Å². The lowest BCUT2D eigenvalue weighted by Gasteiger charge is -2.56. The summed E-state index contributed by atoms with van der Waals surface area (Å²) in [5.41, 5.74) is 2.12. The molecule has 0 unspecified atom stereocenters. The van der Waals surface area contributed by atoms with Crippen LogP contribution < -0.4 is 5.32 Å². The first kappa shape index (κ1) is 14.6. The molecule has 4 bridgehead atoms. The molecule has 1 aromatic carbocycles. The van der Waals surface area contributed by atoms with E-state index in [0.29, 0.717) is 11.2 Å². The zero-order chi connectivity index (χ0) is 16.3. The number of aryl methyl sites for hydroxylation is 1. The van der Waals surface area contributed by atoms with E-state index in [1.54, 1.807) is 0 Å². The summed E-state index contributed by atoms with van der Waals surface area (Å²) in [6, 6.07) is 7.88. The van der Waals surface area contributed by atoms with Gasteiger partial charge in [-0.3, -0.25) is 4.79 Å². The summed E-state index contributed by atoms with van der Waals surface area (Å²) in [4.78, 5) is 12.7. The highest BCUT2D eigenvalue weighted by Crippen LogP contribution is 2.59. The predicted octanol–water partition coefficient (Wildman–Crippen LogP) is 4.69. The van der Waals surface area contributed by atoms with E-state index in [4.69, 9.17) is 4.42 Å². The van der Waals surface area contributed by atoms with Crippen molar-refractivity contribution in [3.8, 4) is 0 Å². The Kier molecular flexibility index (Phi) is 3.10. The van der Waals surface area contributed by atoms with Crippen molar-refractivity contribution in [2.45, 2.75) is 45.4 Å². The fourth-order valence-corrected chi connectivity index (χ4v) is 6.25. The highest BCUT2D eigenvalue weighted by atomic mass is 16.3.